The molecular formula is C18H23FN2O2. The minimum absolute atomic E-state index is 0.0481. The van der Waals surface area contributed by atoms with Crippen LogP contribution >= 0.6 is 0 Å². The molecule has 2 N–H and O–H groups in total. The summed E-state index contributed by atoms with van der Waals surface area (Å²) < 4.78 is 13.0. The molecule has 0 saturated carbocycles. The fourth-order valence-electron chi connectivity index (χ4n) is 2.80. The summed E-state index contributed by atoms with van der Waals surface area (Å²) >= 11 is 0. The van der Waals surface area contributed by atoms with Crippen molar-refractivity contribution in [2.24, 2.45) is 5.92 Å². The molecule has 1 atom stereocenters. The number of hydrogen-bond acceptors (Lipinski definition) is 3. The second-order valence-electron chi connectivity index (χ2n) is 6.25. The Balaban J connectivity index is 1.84. The molecule has 1 saturated heterocycles. The van der Waals surface area contributed by atoms with Crippen LogP contribution in [0.15, 0.2) is 24.3 Å². The molecule has 1 heterocycles. The Bertz CT molecular complexity index is 570. The molecule has 1 aliphatic heterocycles. The van der Waals surface area contributed by atoms with Crippen LogP contribution in [0.5, 0.6) is 0 Å². The smallest absolute Gasteiger partial charge is 0.223 e. The van der Waals surface area contributed by atoms with E-state index in [0.29, 0.717) is 12.1 Å². The monoisotopic (exact) mass is 318 g/mol. The van der Waals surface area contributed by atoms with Crippen molar-refractivity contribution in [3.05, 3.63) is 35.6 Å². The number of terminal acetylenes is 1. The van der Waals surface area contributed by atoms with Crippen LogP contribution in [0.2, 0.25) is 0 Å². The zero-order valence-electron chi connectivity index (χ0n) is 13.4. The number of carbonyl (C=O) groups is 1. The van der Waals surface area contributed by atoms with E-state index in [4.69, 9.17) is 6.42 Å². The van der Waals surface area contributed by atoms with Crippen molar-refractivity contribution in [3.63, 3.8) is 0 Å². The fourth-order valence-corrected chi connectivity index (χ4v) is 2.80. The lowest BCUT2D eigenvalue weighted by molar-refractivity contribution is -0.127. The van der Waals surface area contributed by atoms with Crippen molar-refractivity contribution < 1.29 is 14.3 Å². The number of amides is 1. The van der Waals surface area contributed by atoms with Crippen molar-refractivity contribution in [3.8, 4) is 12.3 Å². The third kappa shape index (κ3) is 4.78. The van der Waals surface area contributed by atoms with Crippen molar-refractivity contribution in [1.29, 1.82) is 0 Å². The van der Waals surface area contributed by atoms with Gasteiger partial charge in [0.05, 0.1) is 13.1 Å². The van der Waals surface area contributed by atoms with Crippen LogP contribution in [0, 0.1) is 24.1 Å². The van der Waals surface area contributed by atoms with E-state index in [2.05, 4.69) is 16.1 Å². The summed E-state index contributed by atoms with van der Waals surface area (Å²) in [6.07, 6.45) is 6.83. The topological polar surface area (TPSA) is 52.6 Å². The van der Waals surface area contributed by atoms with Gasteiger partial charge in [-0.3, -0.25) is 9.69 Å². The molecule has 0 bridgehead atoms. The number of halogens is 1. The van der Waals surface area contributed by atoms with Gasteiger partial charge in [0.2, 0.25) is 5.91 Å². The van der Waals surface area contributed by atoms with Gasteiger partial charge in [0.1, 0.15) is 11.4 Å². The first-order valence-electron chi connectivity index (χ1n) is 7.84. The minimum atomic E-state index is -1.23. The van der Waals surface area contributed by atoms with E-state index >= 15 is 0 Å². The average molecular weight is 318 g/mol. The molecule has 0 aromatic heterocycles. The van der Waals surface area contributed by atoms with Crippen LogP contribution in [0.1, 0.15) is 25.3 Å². The summed E-state index contributed by atoms with van der Waals surface area (Å²) in [4.78, 5) is 14.4. The highest BCUT2D eigenvalue weighted by molar-refractivity contribution is 5.78. The number of nitrogens with one attached hydrogen (secondary N) is 1. The Morgan fingerprint density at radius 1 is 1.43 bits per heavy atom. The van der Waals surface area contributed by atoms with E-state index in [1.165, 1.54) is 24.3 Å². The molecule has 1 fully saturated rings. The maximum Gasteiger partial charge on any atom is 0.223 e. The van der Waals surface area contributed by atoms with E-state index in [1.54, 1.807) is 6.92 Å². The molecular weight excluding hydrogens is 295 g/mol. The maximum atomic E-state index is 13.0. The van der Waals surface area contributed by atoms with Crippen LogP contribution in [0.25, 0.3) is 0 Å². The Labute approximate surface area is 136 Å². The molecule has 1 unspecified atom stereocenters. The number of hydrogen-bond donors (Lipinski definition) is 2. The molecule has 1 aliphatic rings. The van der Waals surface area contributed by atoms with E-state index in [1.807, 2.05) is 0 Å². The summed E-state index contributed by atoms with van der Waals surface area (Å²) in [5.74, 6) is 2.16. The van der Waals surface area contributed by atoms with Gasteiger partial charge in [-0.25, -0.2) is 4.39 Å². The highest BCUT2D eigenvalue weighted by Crippen LogP contribution is 2.21. The lowest BCUT2D eigenvalue weighted by atomic mass is 9.93. The first-order valence-corrected chi connectivity index (χ1v) is 7.84. The van der Waals surface area contributed by atoms with Gasteiger partial charge < -0.3 is 10.4 Å². The van der Waals surface area contributed by atoms with Crippen LogP contribution in [0.3, 0.4) is 0 Å². The molecule has 0 aliphatic carbocycles. The van der Waals surface area contributed by atoms with Gasteiger partial charge in [0, 0.05) is 5.92 Å². The van der Waals surface area contributed by atoms with E-state index in [-0.39, 0.29) is 24.2 Å². The normalized spacial score (nSPS) is 18.9. The SMILES string of the molecule is C#CCN1CCC(C(=O)NCC(C)(O)c2ccc(F)cc2)CC1. The van der Waals surface area contributed by atoms with E-state index in [0.717, 1.165) is 25.9 Å². The van der Waals surface area contributed by atoms with Gasteiger partial charge in [-0.05, 0) is 50.6 Å². The standard InChI is InChI=1S/C18H23FN2O2/c1-3-10-21-11-8-14(9-12-21)17(22)20-13-18(2,23)15-4-6-16(19)7-5-15/h1,4-7,14,23H,8-13H2,2H3,(H,20,22). The quantitative estimate of drug-likeness (QED) is 0.809. The molecule has 1 aromatic rings. The summed E-state index contributed by atoms with van der Waals surface area (Å²) in [6, 6.07) is 5.65. The Kier molecular flexibility index (Phi) is 5.75. The molecule has 23 heavy (non-hydrogen) atoms. The number of benzene rings is 1. The van der Waals surface area contributed by atoms with Crippen LogP contribution in [0.4, 0.5) is 4.39 Å². The number of nitrogens with zero attached hydrogens (tertiary/aromatic N) is 1. The maximum absolute atomic E-state index is 13.0. The summed E-state index contributed by atoms with van der Waals surface area (Å²) in [5.41, 5.74) is -0.656. The predicted octanol–water partition coefficient (Wildman–Crippen LogP) is 1.49. The lowest BCUT2D eigenvalue weighted by Crippen LogP contribution is -2.44. The second-order valence-corrected chi connectivity index (χ2v) is 6.25. The number of piperidine rings is 1. The highest BCUT2D eigenvalue weighted by atomic mass is 19.1. The first-order chi connectivity index (χ1) is 10.9. The van der Waals surface area contributed by atoms with E-state index < -0.39 is 5.60 Å². The van der Waals surface area contributed by atoms with Crippen LogP contribution in [-0.4, -0.2) is 42.1 Å². The average Bonchev–Trinajstić information content (AvgIpc) is 2.54. The summed E-state index contributed by atoms with van der Waals surface area (Å²) in [7, 11) is 0. The number of rotatable bonds is 5. The highest BCUT2D eigenvalue weighted by Gasteiger charge is 2.28. The Morgan fingerprint density at radius 2 is 2.04 bits per heavy atom. The number of carbonyl (C=O) groups excluding carboxylic acids is 1. The number of likely N-dealkylation sites (tertiary alicyclic amines) is 1. The largest absolute Gasteiger partial charge is 0.384 e. The van der Waals surface area contributed by atoms with Crippen molar-refractivity contribution >= 4 is 5.91 Å². The van der Waals surface area contributed by atoms with Gasteiger partial charge in [0.25, 0.3) is 0 Å². The van der Waals surface area contributed by atoms with E-state index in [9.17, 15) is 14.3 Å². The molecule has 0 spiro atoms. The van der Waals surface area contributed by atoms with Gasteiger partial charge in [-0.1, -0.05) is 18.1 Å². The van der Waals surface area contributed by atoms with Gasteiger partial charge in [0.15, 0.2) is 0 Å². The molecule has 0 radical (unpaired) electrons. The molecule has 4 nitrogen and oxygen atoms in total. The van der Waals surface area contributed by atoms with Gasteiger partial charge in [-0.2, -0.15) is 0 Å². The predicted molar refractivity (Wildman–Crippen MR) is 87.0 cm³/mol. The van der Waals surface area contributed by atoms with Crippen LogP contribution in [-0.2, 0) is 10.4 Å². The molecule has 124 valence electrons. The third-order valence-corrected chi connectivity index (χ3v) is 4.35. The minimum Gasteiger partial charge on any atom is -0.384 e. The zero-order valence-corrected chi connectivity index (χ0v) is 13.4. The summed E-state index contributed by atoms with van der Waals surface area (Å²) in [5, 5.41) is 13.3. The van der Waals surface area contributed by atoms with Crippen molar-refractivity contribution in [2.75, 3.05) is 26.2 Å². The summed E-state index contributed by atoms with van der Waals surface area (Å²) in [6.45, 7) is 3.96. The van der Waals surface area contributed by atoms with Gasteiger partial charge >= 0.3 is 0 Å². The Hall–Kier alpha value is -1.90. The fraction of sp³-hybridized carbons (Fsp3) is 0.500. The van der Waals surface area contributed by atoms with Gasteiger partial charge in [-0.15, -0.1) is 6.42 Å². The third-order valence-electron chi connectivity index (χ3n) is 4.35. The Morgan fingerprint density at radius 3 is 2.61 bits per heavy atom. The number of aliphatic hydroxyl groups is 1. The molecule has 5 heteroatoms. The zero-order chi connectivity index (χ0) is 16.9. The second kappa shape index (κ2) is 7.58. The first kappa shape index (κ1) is 17.5. The van der Waals surface area contributed by atoms with Crippen molar-refractivity contribution in [1.82, 2.24) is 10.2 Å². The molecule has 2 rings (SSSR count). The molecule has 1 amide bonds. The lowest BCUT2D eigenvalue weighted by Gasteiger charge is -2.31. The van der Waals surface area contributed by atoms with Crippen LogP contribution < -0.4 is 5.32 Å². The molecule has 1 aromatic carbocycles. The van der Waals surface area contributed by atoms with Crippen molar-refractivity contribution in [2.45, 2.75) is 25.4 Å².